The maximum atomic E-state index is 14.2. The van der Waals surface area contributed by atoms with Crippen LogP contribution in [0.15, 0.2) is 12.3 Å². The van der Waals surface area contributed by atoms with E-state index in [2.05, 4.69) is 0 Å². The van der Waals surface area contributed by atoms with Gasteiger partial charge in [0.25, 0.3) is 0 Å². The molecule has 0 spiro atoms. The molecule has 0 saturated heterocycles. The lowest BCUT2D eigenvalue weighted by atomic mass is 9.99. The summed E-state index contributed by atoms with van der Waals surface area (Å²) in [6, 6.07) is 1.77. The highest BCUT2D eigenvalue weighted by atomic mass is 19.1. The van der Waals surface area contributed by atoms with Gasteiger partial charge in [-0.2, -0.15) is 0 Å². The van der Waals surface area contributed by atoms with E-state index in [0.29, 0.717) is 16.3 Å². The zero-order valence-electron chi connectivity index (χ0n) is 10.6. The number of benzene rings is 1. The van der Waals surface area contributed by atoms with Gasteiger partial charge >= 0.3 is 0 Å². The predicted octanol–water partition coefficient (Wildman–Crippen LogP) is 3.12. The summed E-state index contributed by atoms with van der Waals surface area (Å²) in [6.45, 7) is 5.16. The van der Waals surface area contributed by atoms with Gasteiger partial charge in [0.05, 0.1) is 5.39 Å². The largest absolute Gasteiger partial charge is 0.206 e. The Labute approximate surface area is 99.7 Å². The van der Waals surface area contributed by atoms with Crippen LogP contribution in [0.5, 0.6) is 0 Å². The Hall–Kier alpha value is -1.51. The van der Waals surface area contributed by atoms with Crippen LogP contribution in [0, 0.1) is 25.5 Å². The Morgan fingerprint density at radius 3 is 2.35 bits per heavy atom. The number of halogens is 2. The van der Waals surface area contributed by atoms with Crippen LogP contribution < -0.4 is 4.57 Å². The van der Waals surface area contributed by atoms with Gasteiger partial charge in [-0.1, -0.05) is 6.92 Å². The molecular formula is C14H16F2N+. The van der Waals surface area contributed by atoms with Crippen LogP contribution >= 0.6 is 0 Å². The summed E-state index contributed by atoms with van der Waals surface area (Å²) in [5.41, 5.74) is 1.52. The summed E-state index contributed by atoms with van der Waals surface area (Å²) in [5.74, 6) is -0.873. The van der Waals surface area contributed by atoms with Crippen molar-refractivity contribution in [2.75, 3.05) is 0 Å². The van der Waals surface area contributed by atoms with Gasteiger partial charge in [-0.05, 0) is 19.4 Å². The number of rotatable bonds is 1. The average molecular weight is 236 g/mol. The number of nitrogens with zero attached hydrogens (tertiary/aromatic N) is 1. The second-order valence-electron chi connectivity index (χ2n) is 4.39. The monoisotopic (exact) mass is 236 g/mol. The molecule has 1 nitrogen and oxygen atoms in total. The fraction of sp³-hybridized carbons (Fsp3) is 0.357. The van der Waals surface area contributed by atoms with E-state index >= 15 is 0 Å². The van der Waals surface area contributed by atoms with Gasteiger partial charge in [0, 0.05) is 23.4 Å². The molecule has 0 aliphatic rings. The molecule has 0 amide bonds. The summed E-state index contributed by atoms with van der Waals surface area (Å²) in [5, 5.41) is 1.22. The van der Waals surface area contributed by atoms with Gasteiger partial charge in [-0.15, -0.1) is 0 Å². The SMILES string of the molecule is CCc1c2c(F)c(C)c(F)c(C)c2cc[n+]1C. The van der Waals surface area contributed by atoms with Crippen LogP contribution in [0.3, 0.4) is 0 Å². The fourth-order valence-corrected chi connectivity index (χ4v) is 2.36. The molecule has 0 aliphatic heterocycles. The molecule has 0 atom stereocenters. The van der Waals surface area contributed by atoms with E-state index in [1.54, 1.807) is 13.0 Å². The number of pyridine rings is 1. The fourth-order valence-electron chi connectivity index (χ4n) is 2.36. The standard InChI is InChI=1S/C14H16F2N/c1-5-11-12-10(6-7-17(11)4)8(2)13(15)9(3)14(12)16/h6-7H,5H2,1-4H3/q+1. The van der Waals surface area contributed by atoms with Crippen LogP contribution in [-0.4, -0.2) is 0 Å². The van der Waals surface area contributed by atoms with E-state index < -0.39 is 11.6 Å². The first-order valence-electron chi connectivity index (χ1n) is 5.74. The first-order chi connectivity index (χ1) is 7.99. The third kappa shape index (κ3) is 1.61. The number of aromatic nitrogens is 1. The maximum Gasteiger partial charge on any atom is 0.191 e. The Balaban J connectivity index is 3.06. The van der Waals surface area contributed by atoms with Crippen molar-refractivity contribution in [3.63, 3.8) is 0 Å². The number of fused-ring (bicyclic) bond motifs is 1. The number of hydrogen-bond acceptors (Lipinski definition) is 0. The molecular weight excluding hydrogens is 220 g/mol. The van der Waals surface area contributed by atoms with E-state index in [1.807, 2.05) is 24.7 Å². The van der Waals surface area contributed by atoms with E-state index in [9.17, 15) is 8.78 Å². The Morgan fingerprint density at radius 1 is 1.12 bits per heavy atom. The minimum atomic E-state index is -0.439. The van der Waals surface area contributed by atoms with Gasteiger partial charge in [0.15, 0.2) is 11.9 Å². The molecule has 0 bridgehead atoms. The zero-order chi connectivity index (χ0) is 12.7. The minimum Gasteiger partial charge on any atom is -0.206 e. The van der Waals surface area contributed by atoms with E-state index in [0.717, 1.165) is 12.1 Å². The highest BCUT2D eigenvalue weighted by molar-refractivity contribution is 5.88. The maximum absolute atomic E-state index is 14.2. The molecule has 0 unspecified atom stereocenters. The summed E-state index contributed by atoms with van der Waals surface area (Å²) in [6.07, 6.45) is 2.57. The van der Waals surface area contributed by atoms with Crippen molar-refractivity contribution in [1.29, 1.82) is 0 Å². The minimum absolute atomic E-state index is 0.107. The average Bonchev–Trinajstić information content (AvgIpc) is 2.33. The second kappa shape index (κ2) is 4.06. The Kier molecular flexibility index (Phi) is 2.86. The summed E-state index contributed by atoms with van der Waals surface area (Å²) < 4.78 is 29.9. The van der Waals surface area contributed by atoms with Crippen molar-refractivity contribution in [3.8, 4) is 0 Å². The van der Waals surface area contributed by atoms with Crippen molar-refractivity contribution < 1.29 is 13.3 Å². The third-order valence-corrected chi connectivity index (χ3v) is 3.39. The summed E-state index contributed by atoms with van der Waals surface area (Å²) >= 11 is 0. The van der Waals surface area contributed by atoms with E-state index in [-0.39, 0.29) is 5.56 Å². The van der Waals surface area contributed by atoms with Crippen molar-refractivity contribution >= 4 is 10.8 Å². The van der Waals surface area contributed by atoms with Crippen LogP contribution in [0.25, 0.3) is 10.8 Å². The highest BCUT2D eigenvalue weighted by Crippen LogP contribution is 2.28. The molecule has 0 aliphatic carbocycles. The molecule has 2 rings (SSSR count). The van der Waals surface area contributed by atoms with Gasteiger partial charge in [-0.3, -0.25) is 0 Å². The third-order valence-electron chi connectivity index (χ3n) is 3.39. The number of aryl methyl sites for hydroxylation is 3. The lowest BCUT2D eigenvalue weighted by molar-refractivity contribution is -0.677. The van der Waals surface area contributed by atoms with Crippen LogP contribution in [0.2, 0.25) is 0 Å². The molecule has 17 heavy (non-hydrogen) atoms. The molecule has 3 heteroatoms. The van der Waals surface area contributed by atoms with Crippen LogP contribution in [0.1, 0.15) is 23.7 Å². The molecule has 2 aromatic rings. The van der Waals surface area contributed by atoms with Crippen molar-refractivity contribution in [3.05, 3.63) is 40.7 Å². The number of hydrogen-bond donors (Lipinski definition) is 0. The molecule has 0 N–H and O–H groups in total. The van der Waals surface area contributed by atoms with Crippen molar-refractivity contribution in [2.24, 2.45) is 7.05 Å². The normalized spacial score (nSPS) is 11.2. The molecule has 0 saturated carbocycles. The van der Waals surface area contributed by atoms with Gasteiger partial charge in [0.2, 0.25) is 0 Å². The quantitative estimate of drug-likeness (QED) is 0.670. The van der Waals surface area contributed by atoms with Gasteiger partial charge in [-0.25, -0.2) is 13.3 Å². The van der Waals surface area contributed by atoms with Crippen molar-refractivity contribution in [2.45, 2.75) is 27.2 Å². The molecule has 1 heterocycles. The molecule has 1 aromatic carbocycles. The second-order valence-corrected chi connectivity index (χ2v) is 4.39. The highest BCUT2D eigenvalue weighted by Gasteiger charge is 2.21. The molecule has 1 aromatic heterocycles. The molecule has 0 radical (unpaired) electrons. The lowest BCUT2D eigenvalue weighted by Crippen LogP contribution is -2.33. The van der Waals surface area contributed by atoms with E-state index in [4.69, 9.17) is 0 Å². The first kappa shape index (κ1) is 12.0. The van der Waals surface area contributed by atoms with Crippen LogP contribution in [-0.2, 0) is 13.5 Å². The first-order valence-corrected chi connectivity index (χ1v) is 5.74. The van der Waals surface area contributed by atoms with Gasteiger partial charge in [0.1, 0.15) is 18.7 Å². The Bertz CT molecular complexity index is 603. The molecule has 90 valence electrons. The van der Waals surface area contributed by atoms with Crippen LogP contribution in [0.4, 0.5) is 8.78 Å². The smallest absolute Gasteiger partial charge is 0.191 e. The van der Waals surface area contributed by atoms with Crippen molar-refractivity contribution in [1.82, 2.24) is 0 Å². The lowest BCUT2D eigenvalue weighted by Gasteiger charge is -2.10. The summed E-state index contributed by atoms with van der Waals surface area (Å²) in [7, 11) is 1.88. The topological polar surface area (TPSA) is 3.88 Å². The zero-order valence-corrected chi connectivity index (χ0v) is 10.6. The van der Waals surface area contributed by atoms with Gasteiger partial charge < -0.3 is 0 Å². The van der Waals surface area contributed by atoms with E-state index in [1.165, 1.54) is 6.92 Å². The molecule has 0 fully saturated rings. The summed E-state index contributed by atoms with van der Waals surface area (Å²) in [4.78, 5) is 0. The predicted molar refractivity (Wildman–Crippen MR) is 63.9 cm³/mol. The Morgan fingerprint density at radius 2 is 1.76 bits per heavy atom.